The third kappa shape index (κ3) is 3.12. The summed E-state index contributed by atoms with van der Waals surface area (Å²) in [6.45, 7) is 2.80. The Morgan fingerprint density at radius 3 is 2.83 bits per heavy atom. The number of hydrogen-bond acceptors (Lipinski definition) is 6. The molecule has 2 heterocycles. The van der Waals surface area contributed by atoms with Crippen molar-refractivity contribution in [1.29, 1.82) is 0 Å². The van der Waals surface area contributed by atoms with Crippen molar-refractivity contribution in [3.05, 3.63) is 41.7 Å². The molecule has 24 heavy (non-hydrogen) atoms. The van der Waals surface area contributed by atoms with Gasteiger partial charge in [0.25, 0.3) is 5.91 Å². The van der Waals surface area contributed by atoms with Crippen LogP contribution in [0.5, 0.6) is 5.75 Å². The Morgan fingerprint density at radius 2 is 2.12 bits per heavy atom. The number of amides is 1. The van der Waals surface area contributed by atoms with Crippen LogP contribution in [-0.2, 0) is 4.74 Å². The van der Waals surface area contributed by atoms with Gasteiger partial charge < -0.3 is 13.9 Å². The normalized spacial score (nSPS) is 13.2. The number of ether oxygens (including phenoxy) is 2. The number of thioether (sulfide) groups is 1. The molecule has 1 aromatic carbocycles. The van der Waals surface area contributed by atoms with Crippen molar-refractivity contribution in [3.8, 4) is 5.75 Å². The Balaban J connectivity index is 1.93. The van der Waals surface area contributed by atoms with Gasteiger partial charge >= 0.3 is 5.97 Å². The fourth-order valence-electron chi connectivity index (χ4n) is 2.45. The third-order valence-corrected chi connectivity index (χ3v) is 4.19. The second kappa shape index (κ2) is 7.00. The third-order valence-electron chi connectivity index (χ3n) is 3.57. The molecule has 0 saturated carbocycles. The van der Waals surface area contributed by atoms with Crippen LogP contribution in [0.2, 0.25) is 0 Å². The van der Waals surface area contributed by atoms with Gasteiger partial charge in [-0.15, -0.1) is 0 Å². The van der Waals surface area contributed by atoms with E-state index in [1.54, 1.807) is 42.2 Å². The summed E-state index contributed by atoms with van der Waals surface area (Å²) in [5.74, 6) is 0.120. The molecular weight excluding hydrogens is 330 g/mol. The number of esters is 1. The quantitative estimate of drug-likeness (QED) is 0.625. The van der Waals surface area contributed by atoms with E-state index in [0.717, 1.165) is 0 Å². The lowest BCUT2D eigenvalue weighted by Gasteiger charge is -2.29. The van der Waals surface area contributed by atoms with E-state index in [1.807, 2.05) is 6.26 Å². The monoisotopic (exact) mass is 347 g/mol. The Bertz CT molecular complexity index is 770. The molecule has 0 bridgehead atoms. The molecule has 0 aliphatic carbocycles. The summed E-state index contributed by atoms with van der Waals surface area (Å²) in [5.41, 5.74) is 0.919. The summed E-state index contributed by atoms with van der Waals surface area (Å²) in [6, 6.07) is 8.33. The van der Waals surface area contributed by atoms with Crippen LogP contribution in [0.3, 0.4) is 0 Å². The van der Waals surface area contributed by atoms with Gasteiger partial charge in [-0.25, -0.2) is 4.79 Å². The number of fused-ring (bicyclic) bond motifs is 1. The zero-order valence-corrected chi connectivity index (χ0v) is 14.2. The van der Waals surface area contributed by atoms with Gasteiger partial charge in [0.1, 0.15) is 12.4 Å². The van der Waals surface area contributed by atoms with Gasteiger partial charge in [-0.2, -0.15) is 0 Å². The van der Waals surface area contributed by atoms with Gasteiger partial charge in [-0.3, -0.25) is 9.69 Å². The Kier molecular flexibility index (Phi) is 4.80. The number of carbonyl (C=O) groups is 2. The molecule has 0 fully saturated rings. The maximum absolute atomic E-state index is 12.7. The average molecular weight is 347 g/mol. The van der Waals surface area contributed by atoms with Crippen LogP contribution in [0.4, 0.5) is 5.69 Å². The molecule has 1 aromatic heterocycles. The van der Waals surface area contributed by atoms with Crippen LogP contribution >= 0.6 is 11.8 Å². The number of anilines is 1. The molecular formula is C17H17NO5S. The van der Waals surface area contributed by atoms with Crippen molar-refractivity contribution < 1.29 is 23.5 Å². The molecule has 1 aliphatic heterocycles. The molecule has 126 valence electrons. The molecule has 0 radical (unpaired) electrons. The number of hydrogen-bond donors (Lipinski definition) is 0. The van der Waals surface area contributed by atoms with E-state index >= 15 is 0 Å². The van der Waals surface area contributed by atoms with Crippen molar-refractivity contribution in [1.82, 2.24) is 0 Å². The second-order valence-electron chi connectivity index (χ2n) is 5.03. The molecule has 1 amide bonds. The van der Waals surface area contributed by atoms with Gasteiger partial charge in [0.2, 0.25) is 0 Å². The minimum atomic E-state index is -0.430. The van der Waals surface area contributed by atoms with Crippen LogP contribution in [0.1, 0.15) is 27.8 Å². The Hall–Kier alpha value is -2.41. The van der Waals surface area contributed by atoms with E-state index in [1.165, 1.54) is 11.8 Å². The van der Waals surface area contributed by atoms with E-state index < -0.39 is 5.97 Å². The largest absolute Gasteiger partial charge is 0.490 e. The van der Waals surface area contributed by atoms with Crippen molar-refractivity contribution >= 4 is 29.3 Å². The number of benzene rings is 1. The maximum Gasteiger partial charge on any atom is 0.338 e. The number of nitrogens with zero attached hydrogens (tertiary/aromatic N) is 1. The minimum Gasteiger partial charge on any atom is -0.490 e. The van der Waals surface area contributed by atoms with Crippen LogP contribution in [0, 0.1) is 0 Å². The predicted molar refractivity (Wildman–Crippen MR) is 90.1 cm³/mol. The number of carbonyl (C=O) groups excluding carboxylic acids is 2. The minimum absolute atomic E-state index is 0.258. The van der Waals surface area contributed by atoms with E-state index in [-0.39, 0.29) is 11.7 Å². The summed E-state index contributed by atoms with van der Waals surface area (Å²) >= 11 is 1.43. The molecule has 1 aliphatic rings. The standard InChI is InChI=1S/C17H17NO5S/c1-3-21-17(20)11-4-5-13-12(10-11)18(8-9-22-13)16(19)14-6-7-15(23-14)24-2/h4-7,10H,3,8-9H2,1-2H3. The lowest BCUT2D eigenvalue weighted by molar-refractivity contribution is 0.0526. The highest BCUT2D eigenvalue weighted by Crippen LogP contribution is 2.34. The van der Waals surface area contributed by atoms with Gasteiger partial charge in [-0.1, -0.05) is 11.8 Å². The van der Waals surface area contributed by atoms with Crippen LogP contribution in [-0.4, -0.2) is 37.9 Å². The zero-order valence-electron chi connectivity index (χ0n) is 13.4. The Morgan fingerprint density at radius 1 is 1.29 bits per heavy atom. The van der Waals surface area contributed by atoms with Crippen LogP contribution < -0.4 is 9.64 Å². The van der Waals surface area contributed by atoms with E-state index in [9.17, 15) is 9.59 Å². The van der Waals surface area contributed by atoms with Crippen LogP contribution in [0.25, 0.3) is 0 Å². The van der Waals surface area contributed by atoms with Crippen molar-refractivity contribution in [2.75, 3.05) is 30.9 Å². The SMILES string of the molecule is CCOC(=O)c1ccc2c(c1)N(C(=O)c1ccc(SC)o1)CCO2. The lowest BCUT2D eigenvalue weighted by atomic mass is 10.1. The molecule has 2 aromatic rings. The van der Waals surface area contributed by atoms with Crippen molar-refractivity contribution in [2.24, 2.45) is 0 Å². The molecule has 0 atom stereocenters. The highest BCUT2D eigenvalue weighted by atomic mass is 32.2. The molecule has 0 unspecified atom stereocenters. The number of rotatable bonds is 4. The van der Waals surface area contributed by atoms with Crippen LogP contribution in [0.15, 0.2) is 39.8 Å². The van der Waals surface area contributed by atoms with Gasteiger partial charge in [0, 0.05) is 0 Å². The molecule has 6 nitrogen and oxygen atoms in total. The summed E-state index contributed by atoms with van der Waals surface area (Å²) in [5, 5.41) is 0.673. The van der Waals surface area contributed by atoms with E-state index in [2.05, 4.69) is 0 Å². The molecule has 3 rings (SSSR count). The van der Waals surface area contributed by atoms with Gasteiger partial charge in [0.15, 0.2) is 10.9 Å². The van der Waals surface area contributed by atoms with Crippen molar-refractivity contribution in [3.63, 3.8) is 0 Å². The van der Waals surface area contributed by atoms with Crippen molar-refractivity contribution in [2.45, 2.75) is 12.0 Å². The molecule has 0 N–H and O–H groups in total. The molecule has 0 spiro atoms. The predicted octanol–water partition coefficient (Wildman–Crippen LogP) is 3.22. The summed E-state index contributed by atoms with van der Waals surface area (Å²) < 4.78 is 16.1. The molecule has 7 heteroatoms. The fourth-order valence-corrected chi connectivity index (χ4v) is 2.83. The topological polar surface area (TPSA) is 69.0 Å². The Labute approximate surface area is 143 Å². The first kappa shape index (κ1) is 16.4. The first-order chi connectivity index (χ1) is 11.6. The molecule has 0 saturated heterocycles. The van der Waals surface area contributed by atoms with Gasteiger partial charge in [-0.05, 0) is 43.5 Å². The van der Waals surface area contributed by atoms with Gasteiger partial charge in [0.05, 0.1) is 24.4 Å². The number of furan rings is 1. The lowest BCUT2D eigenvalue weighted by Crippen LogP contribution is -2.38. The highest BCUT2D eigenvalue weighted by molar-refractivity contribution is 7.98. The summed E-state index contributed by atoms with van der Waals surface area (Å²) in [4.78, 5) is 26.2. The second-order valence-corrected chi connectivity index (χ2v) is 5.84. The van der Waals surface area contributed by atoms with E-state index in [4.69, 9.17) is 13.9 Å². The fraction of sp³-hybridized carbons (Fsp3) is 0.294. The maximum atomic E-state index is 12.7. The smallest absolute Gasteiger partial charge is 0.338 e. The summed E-state index contributed by atoms with van der Waals surface area (Å²) in [6.07, 6.45) is 1.88. The first-order valence-corrected chi connectivity index (χ1v) is 8.76. The summed E-state index contributed by atoms with van der Waals surface area (Å²) in [7, 11) is 0. The first-order valence-electron chi connectivity index (χ1n) is 7.53. The highest BCUT2D eigenvalue weighted by Gasteiger charge is 2.28. The van der Waals surface area contributed by atoms with E-state index in [0.29, 0.717) is 41.9 Å². The zero-order chi connectivity index (χ0) is 17.1. The average Bonchev–Trinajstić information content (AvgIpc) is 3.09.